The Morgan fingerprint density at radius 3 is 2.24 bits per heavy atom. The summed E-state index contributed by atoms with van der Waals surface area (Å²) in [7, 11) is 0. The van der Waals surface area contributed by atoms with Crippen molar-refractivity contribution in [1.82, 2.24) is 0 Å². The molecule has 21 heavy (non-hydrogen) atoms. The van der Waals surface area contributed by atoms with E-state index in [1.807, 2.05) is 25.1 Å². The van der Waals surface area contributed by atoms with E-state index in [0.29, 0.717) is 12.3 Å². The fourth-order valence-corrected chi connectivity index (χ4v) is 2.16. The summed E-state index contributed by atoms with van der Waals surface area (Å²) in [5.74, 6) is 0.784. The van der Waals surface area contributed by atoms with Crippen molar-refractivity contribution in [2.24, 2.45) is 0 Å². The molecule has 0 heterocycles. The van der Waals surface area contributed by atoms with Crippen LogP contribution in [0.25, 0.3) is 0 Å². The third-order valence-electron chi connectivity index (χ3n) is 3.28. The molecule has 0 aliphatic rings. The first-order valence-electron chi connectivity index (χ1n) is 7.29. The van der Waals surface area contributed by atoms with Crippen LogP contribution in [0.3, 0.4) is 0 Å². The average molecular weight is 284 g/mol. The van der Waals surface area contributed by atoms with Gasteiger partial charge in [-0.1, -0.05) is 32.9 Å². The lowest BCUT2D eigenvalue weighted by atomic mass is 9.87. The number of hydrogen-bond donors (Lipinski definition) is 2. The first kappa shape index (κ1) is 15.2. The van der Waals surface area contributed by atoms with Gasteiger partial charge in [-0.25, -0.2) is 0 Å². The number of rotatable bonds is 4. The third-order valence-corrected chi connectivity index (χ3v) is 3.28. The van der Waals surface area contributed by atoms with Crippen molar-refractivity contribution in [2.75, 3.05) is 17.7 Å². The summed E-state index contributed by atoms with van der Waals surface area (Å²) in [4.78, 5) is 0. The minimum atomic E-state index is 0.165. The summed E-state index contributed by atoms with van der Waals surface area (Å²) in [6.45, 7) is 9.22. The molecule has 0 aromatic heterocycles. The molecule has 0 bridgehead atoms. The van der Waals surface area contributed by atoms with E-state index in [-0.39, 0.29) is 5.41 Å². The zero-order valence-electron chi connectivity index (χ0n) is 13.2. The van der Waals surface area contributed by atoms with E-state index in [9.17, 15) is 0 Å². The highest BCUT2D eigenvalue weighted by molar-refractivity contribution is 5.66. The Morgan fingerprint density at radius 2 is 1.67 bits per heavy atom. The van der Waals surface area contributed by atoms with Crippen LogP contribution >= 0.6 is 0 Å². The quantitative estimate of drug-likeness (QED) is 0.799. The van der Waals surface area contributed by atoms with E-state index in [1.54, 1.807) is 0 Å². The molecule has 0 aliphatic heterocycles. The summed E-state index contributed by atoms with van der Waals surface area (Å²) in [5.41, 5.74) is 10.0. The van der Waals surface area contributed by atoms with Gasteiger partial charge in [0.15, 0.2) is 0 Å². The smallest absolute Gasteiger partial charge is 0.123 e. The van der Waals surface area contributed by atoms with Gasteiger partial charge in [0, 0.05) is 29.2 Å². The van der Waals surface area contributed by atoms with E-state index < -0.39 is 0 Å². The van der Waals surface area contributed by atoms with Crippen molar-refractivity contribution >= 4 is 17.1 Å². The molecule has 0 radical (unpaired) electrons. The molecule has 3 heteroatoms. The van der Waals surface area contributed by atoms with E-state index >= 15 is 0 Å². The third kappa shape index (κ3) is 4.15. The summed E-state index contributed by atoms with van der Waals surface area (Å²) in [6, 6.07) is 14.2. The molecule has 0 spiro atoms. The highest BCUT2D eigenvalue weighted by atomic mass is 16.5. The molecule has 0 aliphatic carbocycles. The van der Waals surface area contributed by atoms with Crippen molar-refractivity contribution in [2.45, 2.75) is 33.1 Å². The molecule has 0 unspecified atom stereocenters. The number of hydrogen-bond acceptors (Lipinski definition) is 3. The number of ether oxygens (including phenoxy) is 1. The molecule has 2 aromatic rings. The molecule has 0 saturated heterocycles. The molecule has 112 valence electrons. The summed E-state index contributed by atoms with van der Waals surface area (Å²) >= 11 is 0. The van der Waals surface area contributed by atoms with Crippen molar-refractivity contribution in [3.63, 3.8) is 0 Å². The van der Waals surface area contributed by atoms with Crippen LogP contribution < -0.4 is 15.8 Å². The van der Waals surface area contributed by atoms with Gasteiger partial charge in [0.05, 0.1) is 6.61 Å². The lowest BCUT2D eigenvalue weighted by Gasteiger charge is -2.19. The van der Waals surface area contributed by atoms with Gasteiger partial charge in [-0.3, -0.25) is 0 Å². The van der Waals surface area contributed by atoms with Crippen LogP contribution in [0, 0.1) is 0 Å². The van der Waals surface area contributed by atoms with Crippen LogP contribution in [-0.4, -0.2) is 6.61 Å². The zero-order valence-corrected chi connectivity index (χ0v) is 13.2. The maximum absolute atomic E-state index is 5.90. The summed E-state index contributed by atoms with van der Waals surface area (Å²) in [5, 5.41) is 3.36. The predicted molar refractivity (Wildman–Crippen MR) is 90.4 cm³/mol. The lowest BCUT2D eigenvalue weighted by molar-refractivity contribution is 0.340. The van der Waals surface area contributed by atoms with Crippen LogP contribution in [0.15, 0.2) is 42.5 Å². The number of nitrogens with two attached hydrogens (primary N) is 1. The Kier molecular flexibility index (Phi) is 4.41. The van der Waals surface area contributed by atoms with Crippen LogP contribution in [0.4, 0.5) is 17.1 Å². The Balaban J connectivity index is 2.18. The Morgan fingerprint density at radius 1 is 1.00 bits per heavy atom. The standard InChI is InChI=1S/C18H24N2O/c1-5-21-17-11-14(19)10-16(12-17)20-15-8-6-13(7-9-15)18(2,3)4/h6-12,20H,5,19H2,1-4H3. The van der Waals surface area contributed by atoms with Gasteiger partial charge < -0.3 is 15.8 Å². The van der Waals surface area contributed by atoms with E-state index in [4.69, 9.17) is 10.5 Å². The first-order valence-corrected chi connectivity index (χ1v) is 7.29. The Hall–Kier alpha value is -2.16. The van der Waals surface area contributed by atoms with E-state index in [1.165, 1.54) is 5.56 Å². The number of nitrogen functional groups attached to an aromatic ring is 1. The van der Waals surface area contributed by atoms with Crippen LogP contribution in [0.2, 0.25) is 0 Å². The van der Waals surface area contributed by atoms with Gasteiger partial charge in [0.2, 0.25) is 0 Å². The van der Waals surface area contributed by atoms with Gasteiger partial charge >= 0.3 is 0 Å². The van der Waals surface area contributed by atoms with Crippen LogP contribution in [0.1, 0.15) is 33.3 Å². The van der Waals surface area contributed by atoms with Crippen molar-refractivity contribution in [1.29, 1.82) is 0 Å². The monoisotopic (exact) mass is 284 g/mol. The molecule has 0 amide bonds. The second-order valence-electron chi connectivity index (χ2n) is 6.18. The van der Waals surface area contributed by atoms with Gasteiger partial charge in [-0.05, 0) is 36.1 Å². The minimum absolute atomic E-state index is 0.165. The van der Waals surface area contributed by atoms with Crippen molar-refractivity contribution in [3.05, 3.63) is 48.0 Å². The van der Waals surface area contributed by atoms with Gasteiger partial charge in [0.1, 0.15) is 5.75 Å². The Labute approximate surface area is 127 Å². The fraction of sp³-hybridized carbons (Fsp3) is 0.333. The second kappa shape index (κ2) is 6.08. The molecule has 0 atom stereocenters. The zero-order chi connectivity index (χ0) is 15.5. The maximum atomic E-state index is 5.90. The SMILES string of the molecule is CCOc1cc(N)cc(Nc2ccc(C(C)(C)C)cc2)c1. The molecule has 3 nitrogen and oxygen atoms in total. The number of anilines is 3. The fourth-order valence-electron chi connectivity index (χ4n) is 2.16. The minimum Gasteiger partial charge on any atom is -0.494 e. The van der Waals surface area contributed by atoms with E-state index in [0.717, 1.165) is 17.1 Å². The van der Waals surface area contributed by atoms with Crippen molar-refractivity contribution in [3.8, 4) is 5.75 Å². The van der Waals surface area contributed by atoms with Gasteiger partial charge in [-0.15, -0.1) is 0 Å². The normalized spacial score (nSPS) is 11.2. The van der Waals surface area contributed by atoms with E-state index in [2.05, 4.69) is 50.4 Å². The molecule has 0 saturated carbocycles. The maximum Gasteiger partial charge on any atom is 0.123 e. The number of nitrogens with one attached hydrogen (secondary N) is 1. The van der Waals surface area contributed by atoms with Crippen LogP contribution in [0.5, 0.6) is 5.75 Å². The average Bonchev–Trinajstić information content (AvgIpc) is 2.38. The molecule has 3 N–H and O–H groups in total. The molecule has 2 rings (SSSR count). The molecular weight excluding hydrogens is 260 g/mol. The van der Waals surface area contributed by atoms with Gasteiger partial charge in [0.25, 0.3) is 0 Å². The molecule has 2 aromatic carbocycles. The first-order chi connectivity index (χ1) is 9.88. The summed E-state index contributed by atoms with van der Waals surface area (Å²) in [6.07, 6.45) is 0. The van der Waals surface area contributed by atoms with Gasteiger partial charge in [-0.2, -0.15) is 0 Å². The second-order valence-corrected chi connectivity index (χ2v) is 6.18. The van der Waals surface area contributed by atoms with Crippen LogP contribution in [-0.2, 0) is 5.41 Å². The largest absolute Gasteiger partial charge is 0.494 e. The highest BCUT2D eigenvalue weighted by Gasteiger charge is 2.12. The predicted octanol–water partition coefficient (Wildman–Crippen LogP) is 4.71. The van der Waals surface area contributed by atoms with Crippen molar-refractivity contribution < 1.29 is 4.74 Å². The highest BCUT2D eigenvalue weighted by Crippen LogP contribution is 2.27. The lowest BCUT2D eigenvalue weighted by Crippen LogP contribution is -2.10. The molecule has 0 fully saturated rings. The topological polar surface area (TPSA) is 47.3 Å². The summed E-state index contributed by atoms with van der Waals surface area (Å²) < 4.78 is 5.51. The molecular formula is C18H24N2O. The Bertz CT molecular complexity index is 598. The number of benzene rings is 2.